The van der Waals surface area contributed by atoms with Gasteiger partial charge in [-0.15, -0.1) is 5.10 Å². The van der Waals surface area contributed by atoms with E-state index in [-0.39, 0.29) is 29.7 Å². The van der Waals surface area contributed by atoms with Gasteiger partial charge in [-0.1, -0.05) is 42.5 Å². The molecule has 0 spiro atoms. The number of carbonyl (C=O) groups excluding carboxylic acids is 3. The number of nitrogens with one attached hydrogen (secondary N) is 2. The predicted octanol–water partition coefficient (Wildman–Crippen LogP) is 1.74. The minimum absolute atomic E-state index is 0.0970. The Bertz CT molecular complexity index is 1080. The summed E-state index contributed by atoms with van der Waals surface area (Å²) in [7, 11) is 0. The van der Waals surface area contributed by atoms with E-state index >= 15 is 0 Å². The molecule has 1 fully saturated rings. The normalized spacial score (nSPS) is 13.8. The standard InChI is InChI=1S/C22H22N6O4/c29-19(12-28-14-23-26-27-28)24-18-9-5-4-8-17(18)22(31)32-13-20(30)25-21(16-10-11-16)15-6-2-1-3-7-15/h1-9,14,16,21H,10-13H2,(H,24,29)(H,25,30). The van der Waals surface area contributed by atoms with E-state index in [0.29, 0.717) is 5.92 Å². The molecule has 2 N–H and O–H groups in total. The molecule has 1 atom stereocenters. The number of amides is 2. The summed E-state index contributed by atoms with van der Waals surface area (Å²) in [5.74, 6) is -1.10. The van der Waals surface area contributed by atoms with Crippen molar-refractivity contribution < 1.29 is 19.1 Å². The Balaban J connectivity index is 1.33. The van der Waals surface area contributed by atoms with E-state index in [0.717, 1.165) is 18.4 Å². The van der Waals surface area contributed by atoms with Crippen LogP contribution in [0.1, 0.15) is 34.8 Å². The van der Waals surface area contributed by atoms with Crippen LogP contribution in [-0.2, 0) is 20.9 Å². The Morgan fingerprint density at radius 1 is 1.03 bits per heavy atom. The summed E-state index contributed by atoms with van der Waals surface area (Å²) in [4.78, 5) is 37.2. The van der Waals surface area contributed by atoms with Crippen molar-refractivity contribution in [1.82, 2.24) is 25.5 Å². The second-order valence-corrected chi connectivity index (χ2v) is 7.47. The fourth-order valence-electron chi connectivity index (χ4n) is 3.35. The van der Waals surface area contributed by atoms with Crippen molar-refractivity contribution in [3.8, 4) is 0 Å². The fraction of sp³-hybridized carbons (Fsp3) is 0.273. The van der Waals surface area contributed by atoms with Crippen LogP contribution in [0.25, 0.3) is 0 Å². The van der Waals surface area contributed by atoms with Crippen molar-refractivity contribution in [2.75, 3.05) is 11.9 Å². The molecular formula is C22H22N6O4. The first-order chi connectivity index (χ1) is 15.6. The van der Waals surface area contributed by atoms with Crippen molar-refractivity contribution in [2.45, 2.75) is 25.4 Å². The van der Waals surface area contributed by atoms with Crippen LogP contribution in [-0.4, -0.2) is 44.6 Å². The van der Waals surface area contributed by atoms with Crippen LogP contribution in [0.4, 0.5) is 5.69 Å². The van der Waals surface area contributed by atoms with Crippen molar-refractivity contribution in [1.29, 1.82) is 0 Å². The first-order valence-corrected chi connectivity index (χ1v) is 10.2. The third-order valence-electron chi connectivity index (χ3n) is 5.02. The van der Waals surface area contributed by atoms with Crippen LogP contribution < -0.4 is 10.6 Å². The number of ether oxygens (including phenoxy) is 1. The van der Waals surface area contributed by atoms with Gasteiger partial charge in [0.2, 0.25) is 5.91 Å². The minimum atomic E-state index is -0.707. The van der Waals surface area contributed by atoms with Gasteiger partial charge in [-0.05, 0) is 46.9 Å². The first kappa shape index (κ1) is 21.2. The molecule has 32 heavy (non-hydrogen) atoms. The predicted molar refractivity (Wildman–Crippen MR) is 113 cm³/mol. The van der Waals surface area contributed by atoms with Gasteiger partial charge < -0.3 is 15.4 Å². The zero-order valence-electron chi connectivity index (χ0n) is 17.2. The van der Waals surface area contributed by atoms with Gasteiger partial charge >= 0.3 is 5.97 Å². The minimum Gasteiger partial charge on any atom is -0.452 e. The molecule has 0 aliphatic heterocycles. The zero-order valence-corrected chi connectivity index (χ0v) is 17.2. The van der Waals surface area contributed by atoms with Gasteiger partial charge in [-0.25, -0.2) is 9.48 Å². The summed E-state index contributed by atoms with van der Waals surface area (Å²) in [6.45, 7) is -0.525. The Kier molecular flexibility index (Phi) is 6.49. The molecule has 1 unspecified atom stereocenters. The SMILES string of the molecule is O=C(Cn1cnnn1)Nc1ccccc1C(=O)OCC(=O)NC(c1ccccc1)C1CC1. The lowest BCUT2D eigenvalue weighted by atomic mass is 10.0. The number of nitrogens with zero attached hydrogens (tertiary/aromatic N) is 4. The lowest BCUT2D eigenvalue weighted by Crippen LogP contribution is -2.33. The zero-order chi connectivity index (χ0) is 22.3. The molecule has 3 aromatic rings. The highest BCUT2D eigenvalue weighted by atomic mass is 16.5. The number of aromatic nitrogens is 4. The molecule has 10 nitrogen and oxygen atoms in total. The van der Waals surface area contributed by atoms with Crippen molar-refractivity contribution in [3.05, 3.63) is 72.1 Å². The molecular weight excluding hydrogens is 412 g/mol. The topological polar surface area (TPSA) is 128 Å². The Hall–Kier alpha value is -4.08. The van der Waals surface area contributed by atoms with E-state index in [1.54, 1.807) is 18.2 Å². The smallest absolute Gasteiger partial charge is 0.340 e. The average molecular weight is 434 g/mol. The van der Waals surface area contributed by atoms with Crippen LogP contribution in [0.15, 0.2) is 60.9 Å². The van der Waals surface area contributed by atoms with Crippen molar-refractivity contribution in [2.24, 2.45) is 5.92 Å². The van der Waals surface area contributed by atoms with Gasteiger partial charge in [-0.2, -0.15) is 0 Å². The summed E-state index contributed by atoms with van der Waals surface area (Å²) >= 11 is 0. The van der Waals surface area contributed by atoms with E-state index < -0.39 is 18.5 Å². The summed E-state index contributed by atoms with van der Waals surface area (Å²) in [6.07, 6.45) is 3.41. The maximum atomic E-state index is 12.6. The molecule has 0 saturated heterocycles. The highest BCUT2D eigenvalue weighted by Gasteiger charge is 2.33. The third-order valence-corrected chi connectivity index (χ3v) is 5.02. The highest BCUT2D eigenvalue weighted by molar-refractivity contribution is 6.01. The highest BCUT2D eigenvalue weighted by Crippen LogP contribution is 2.40. The number of benzene rings is 2. The second kappa shape index (κ2) is 9.82. The largest absolute Gasteiger partial charge is 0.452 e. The number of hydrogen-bond donors (Lipinski definition) is 2. The van der Waals surface area contributed by atoms with E-state index in [9.17, 15) is 14.4 Å². The van der Waals surface area contributed by atoms with E-state index in [4.69, 9.17) is 4.74 Å². The molecule has 10 heteroatoms. The molecule has 1 saturated carbocycles. The van der Waals surface area contributed by atoms with E-state index in [1.165, 1.54) is 17.1 Å². The van der Waals surface area contributed by atoms with Gasteiger partial charge in [0.05, 0.1) is 17.3 Å². The van der Waals surface area contributed by atoms with Gasteiger partial charge in [0.1, 0.15) is 12.9 Å². The monoisotopic (exact) mass is 434 g/mol. The summed E-state index contributed by atoms with van der Waals surface area (Å²) in [6, 6.07) is 16.1. The summed E-state index contributed by atoms with van der Waals surface area (Å²) < 4.78 is 6.47. The number of hydrogen-bond acceptors (Lipinski definition) is 7. The fourth-order valence-corrected chi connectivity index (χ4v) is 3.35. The molecule has 1 heterocycles. The molecule has 2 aromatic carbocycles. The van der Waals surface area contributed by atoms with E-state index in [1.807, 2.05) is 30.3 Å². The van der Waals surface area contributed by atoms with Crippen LogP contribution >= 0.6 is 0 Å². The average Bonchev–Trinajstić information content (AvgIpc) is 3.52. The van der Waals surface area contributed by atoms with Gasteiger partial charge in [0, 0.05) is 0 Å². The number of carbonyl (C=O) groups is 3. The first-order valence-electron chi connectivity index (χ1n) is 10.2. The number of tetrazole rings is 1. The molecule has 1 aromatic heterocycles. The summed E-state index contributed by atoms with van der Waals surface area (Å²) in [5.41, 5.74) is 1.45. The van der Waals surface area contributed by atoms with Crippen LogP contribution in [0.3, 0.4) is 0 Å². The lowest BCUT2D eigenvalue weighted by Gasteiger charge is -2.19. The molecule has 1 aliphatic carbocycles. The third kappa shape index (κ3) is 5.54. The molecule has 2 amide bonds. The molecule has 0 radical (unpaired) electrons. The maximum Gasteiger partial charge on any atom is 0.340 e. The number of esters is 1. The summed E-state index contributed by atoms with van der Waals surface area (Å²) in [5, 5.41) is 16.2. The molecule has 164 valence electrons. The number of anilines is 1. The van der Waals surface area contributed by atoms with Crippen molar-refractivity contribution in [3.63, 3.8) is 0 Å². The Morgan fingerprint density at radius 3 is 2.50 bits per heavy atom. The molecule has 4 rings (SSSR count). The Labute approximate surface area is 184 Å². The van der Waals surface area contributed by atoms with Crippen LogP contribution in [0.5, 0.6) is 0 Å². The lowest BCUT2D eigenvalue weighted by molar-refractivity contribution is -0.125. The molecule has 1 aliphatic rings. The van der Waals surface area contributed by atoms with Gasteiger partial charge in [0.25, 0.3) is 5.91 Å². The van der Waals surface area contributed by atoms with Crippen LogP contribution in [0.2, 0.25) is 0 Å². The van der Waals surface area contributed by atoms with E-state index in [2.05, 4.69) is 26.2 Å². The van der Waals surface area contributed by atoms with Crippen LogP contribution in [0, 0.1) is 5.92 Å². The maximum absolute atomic E-state index is 12.6. The van der Waals surface area contributed by atoms with Crippen molar-refractivity contribution >= 4 is 23.5 Å². The second-order valence-electron chi connectivity index (χ2n) is 7.47. The number of para-hydroxylation sites is 1. The van der Waals surface area contributed by atoms with Gasteiger partial charge in [0.15, 0.2) is 6.61 Å². The van der Waals surface area contributed by atoms with Gasteiger partial charge in [-0.3, -0.25) is 9.59 Å². The Morgan fingerprint density at radius 2 is 1.78 bits per heavy atom. The quantitative estimate of drug-likeness (QED) is 0.491. The number of rotatable bonds is 9. The molecule has 0 bridgehead atoms.